The van der Waals surface area contributed by atoms with E-state index < -0.39 is 96.1 Å². The summed E-state index contributed by atoms with van der Waals surface area (Å²) in [6, 6.07) is 4.71. The number of nitrogens with one attached hydrogen (secondary N) is 2. The number of carboxylic acids is 2. The molecule has 1 heterocycles. The fourth-order valence-corrected chi connectivity index (χ4v) is 4.06. The number of ether oxygens (including phenoxy) is 1. The molecule has 11 nitrogen and oxygen atoms in total. The summed E-state index contributed by atoms with van der Waals surface area (Å²) in [5, 5.41) is 23.7. The Balaban J connectivity index is 1.80. The number of carbonyl (C=O) groups is 5. The van der Waals surface area contributed by atoms with Gasteiger partial charge in [0.05, 0.1) is 6.42 Å². The lowest BCUT2D eigenvalue weighted by atomic mass is 10.0. The molecule has 0 saturated heterocycles. The number of ketones is 1. The number of nitrogens with zero attached hydrogens (tertiary/aromatic N) is 1. The topological polar surface area (TPSA) is 164 Å². The maximum absolute atomic E-state index is 13.9. The number of rotatable bonds is 13. The van der Waals surface area contributed by atoms with Crippen LogP contribution in [0.4, 0.5) is 17.6 Å². The van der Waals surface area contributed by atoms with Gasteiger partial charge in [-0.25, -0.2) is 8.78 Å². The minimum atomic E-state index is -1.93. The second-order valence-electron chi connectivity index (χ2n) is 9.47. The number of carboxylic acid groups (broad SMARTS) is 2. The van der Waals surface area contributed by atoms with E-state index in [1.807, 2.05) is 0 Å². The van der Waals surface area contributed by atoms with E-state index in [1.165, 1.54) is 24.5 Å². The van der Waals surface area contributed by atoms with Crippen LogP contribution in [0.15, 0.2) is 36.4 Å². The van der Waals surface area contributed by atoms with Crippen LogP contribution in [0.25, 0.3) is 10.9 Å². The van der Waals surface area contributed by atoms with Crippen molar-refractivity contribution in [3.63, 3.8) is 0 Å². The van der Waals surface area contributed by atoms with E-state index in [2.05, 4.69) is 15.4 Å². The van der Waals surface area contributed by atoms with Crippen molar-refractivity contribution in [2.75, 3.05) is 6.61 Å². The maximum Gasteiger partial charge on any atom is 0.323 e. The zero-order chi connectivity index (χ0) is 31.3. The summed E-state index contributed by atoms with van der Waals surface area (Å²) < 4.78 is 60.5. The van der Waals surface area contributed by atoms with Crippen molar-refractivity contribution in [2.45, 2.75) is 38.9 Å². The third-order valence-electron chi connectivity index (χ3n) is 6.09. The largest absolute Gasteiger partial charge is 0.481 e. The van der Waals surface area contributed by atoms with Gasteiger partial charge in [0.1, 0.15) is 30.9 Å². The van der Waals surface area contributed by atoms with Crippen LogP contribution in [-0.2, 0) is 25.7 Å². The van der Waals surface area contributed by atoms with E-state index in [-0.39, 0.29) is 11.8 Å². The average molecular weight is 596 g/mol. The van der Waals surface area contributed by atoms with Crippen molar-refractivity contribution in [1.29, 1.82) is 0 Å². The number of halogens is 4. The van der Waals surface area contributed by atoms with E-state index in [1.54, 1.807) is 24.3 Å². The van der Waals surface area contributed by atoms with Crippen molar-refractivity contribution in [3.05, 3.63) is 65.4 Å². The number of benzene rings is 2. The maximum atomic E-state index is 13.9. The Morgan fingerprint density at radius 3 is 2.10 bits per heavy atom. The number of aliphatic carboxylic acids is 2. The third kappa shape index (κ3) is 7.21. The van der Waals surface area contributed by atoms with Gasteiger partial charge in [0.2, 0.25) is 17.5 Å². The summed E-state index contributed by atoms with van der Waals surface area (Å²) in [7, 11) is 0. The molecule has 0 radical (unpaired) electrons. The molecule has 0 spiro atoms. The molecule has 2 atom stereocenters. The summed E-state index contributed by atoms with van der Waals surface area (Å²) in [5.41, 5.74) is 0.351. The summed E-state index contributed by atoms with van der Waals surface area (Å²) in [6.07, 6.45) is -1.01. The first-order valence-electron chi connectivity index (χ1n) is 12.3. The third-order valence-corrected chi connectivity index (χ3v) is 6.09. The van der Waals surface area contributed by atoms with Crippen molar-refractivity contribution in [2.24, 2.45) is 5.92 Å². The van der Waals surface area contributed by atoms with E-state index in [9.17, 15) is 51.7 Å². The van der Waals surface area contributed by atoms with Gasteiger partial charge < -0.3 is 30.2 Å². The van der Waals surface area contributed by atoms with Gasteiger partial charge in [-0.15, -0.1) is 0 Å². The molecule has 0 aliphatic rings. The zero-order valence-corrected chi connectivity index (χ0v) is 22.1. The standard InChI is InChI=1S/C27H25F4N3O8/c1-12(2)24(33-26(40)18-7-13-5-3-4-6-17(13)34(18)10-21(38)39)27(41)32-16(9-20(36)37)19(35)11-42-25-22(30)14(28)8-15(29)23(25)31/h3-8,12,16,24H,9-11H2,1-2H3,(H,32,41)(H,33,40)(H,36,37)(H,38,39)/t16?,24-/m0/s1. The van der Waals surface area contributed by atoms with Crippen molar-refractivity contribution in [3.8, 4) is 5.75 Å². The molecule has 4 N–H and O–H groups in total. The van der Waals surface area contributed by atoms with Gasteiger partial charge in [-0.2, -0.15) is 8.78 Å². The van der Waals surface area contributed by atoms with E-state index >= 15 is 0 Å². The number of amides is 2. The van der Waals surface area contributed by atoms with Crippen molar-refractivity contribution in [1.82, 2.24) is 15.2 Å². The van der Waals surface area contributed by atoms with E-state index in [4.69, 9.17) is 0 Å². The first-order valence-corrected chi connectivity index (χ1v) is 12.3. The summed E-state index contributed by atoms with van der Waals surface area (Å²) in [4.78, 5) is 61.8. The first kappa shape index (κ1) is 31.6. The molecular weight excluding hydrogens is 570 g/mol. The predicted octanol–water partition coefficient (Wildman–Crippen LogP) is 2.64. The van der Waals surface area contributed by atoms with Gasteiger partial charge in [-0.1, -0.05) is 32.0 Å². The predicted molar refractivity (Wildman–Crippen MR) is 137 cm³/mol. The molecular formula is C27H25F4N3O8. The van der Waals surface area contributed by atoms with Crippen LogP contribution < -0.4 is 15.4 Å². The highest BCUT2D eigenvalue weighted by atomic mass is 19.2. The van der Waals surface area contributed by atoms with Crippen LogP contribution in [0.5, 0.6) is 5.75 Å². The normalized spacial score (nSPS) is 12.5. The summed E-state index contributed by atoms with van der Waals surface area (Å²) in [6.45, 7) is 1.21. The van der Waals surface area contributed by atoms with Crippen LogP contribution in [0.1, 0.15) is 30.8 Å². The van der Waals surface area contributed by atoms with Crippen LogP contribution in [0, 0.1) is 29.2 Å². The highest BCUT2D eigenvalue weighted by Crippen LogP contribution is 2.26. The van der Waals surface area contributed by atoms with Gasteiger partial charge in [0.15, 0.2) is 23.2 Å². The molecule has 0 fully saturated rings. The molecule has 224 valence electrons. The molecule has 42 heavy (non-hydrogen) atoms. The number of fused-ring (bicyclic) bond motifs is 1. The van der Waals surface area contributed by atoms with Crippen LogP contribution >= 0.6 is 0 Å². The Kier molecular flexibility index (Phi) is 9.88. The summed E-state index contributed by atoms with van der Waals surface area (Å²) in [5.74, 6) is -15.5. The highest BCUT2D eigenvalue weighted by molar-refractivity contribution is 6.02. The molecule has 0 saturated carbocycles. The fraction of sp³-hybridized carbons (Fsp3) is 0.296. The number of carbonyl (C=O) groups excluding carboxylic acids is 3. The Hall–Kier alpha value is -4.95. The highest BCUT2D eigenvalue weighted by Gasteiger charge is 2.32. The van der Waals surface area contributed by atoms with E-state index in [0.717, 1.165) is 0 Å². The molecule has 1 unspecified atom stereocenters. The minimum absolute atomic E-state index is 0.0750. The fourth-order valence-electron chi connectivity index (χ4n) is 4.06. The van der Waals surface area contributed by atoms with Crippen LogP contribution in [0.2, 0.25) is 0 Å². The first-order chi connectivity index (χ1) is 19.7. The molecule has 15 heteroatoms. The van der Waals surface area contributed by atoms with Crippen molar-refractivity contribution >= 4 is 40.4 Å². The number of hydrogen-bond donors (Lipinski definition) is 4. The molecule has 0 aliphatic heterocycles. The number of para-hydroxylation sites is 1. The average Bonchev–Trinajstić information content (AvgIpc) is 3.27. The van der Waals surface area contributed by atoms with Gasteiger partial charge >= 0.3 is 11.9 Å². The minimum Gasteiger partial charge on any atom is -0.481 e. The van der Waals surface area contributed by atoms with Gasteiger partial charge in [0.25, 0.3) is 5.91 Å². The van der Waals surface area contributed by atoms with Crippen molar-refractivity contribution < 1.29 is 56.5 Å². The monoisotopic (exact) mass is 595 g/mol. The molecule has 0 bridgehead atoms. The lowest BCUT2D eigenvalue weighted by Gasteiger charge is -2.25. The number of aromatic nitrogens is 1. The Morgan fingerprint density at radius 1 is 0.905 bits per heavy atom. The second-order valence-corrected chi connectivity index (χ2v) is 9.47. The zero-order valence-electron chi connectivity index (χ0n) is 22.1. The molecule has 1 aromatic heterocycles. The molecule has 3 rings (SSSR count). The molecule has 2 aromatic carbocycles. The lowest BCUT2D eigenvalue weighted by Crippen LogP contribution is -2.54. The van der Waals surface area contributed by atoms with Gasteiger partial charge in [-0.3, -0.25) is 24.0 Å². The van der Waals surface area contributed by atoms with Crippen LogP contribution in [-0.4, -0.2) is 63.0 Å². The Morgan fingerprint density at radius 2 is 1.52 bits per heavy atom. The lowest BCUT2D eigenvalue weighted by molar-refractivity contribution is -0.141. The SMILES string of the molecule is CC(C)[C@H](NC(=O)c1cc2ccccc2n1CC(=O)O)C(=O)NC(CC(=O)O)C(=O)COc1c(F)c(F)cc(F)c1F. The van der Waals surface area contributed by atoms with E-state index in [0.29, 0.717) is 10.9 Å². The molecule has 3 aromatic rings. The van der Waals surface area contributed by atoms with Gasteiger partial charge in [0, 0.05) is 17.0 Å². The quantitative estimate of drug-likeness (QED) is 0.173. The Labute approximate surface area is 235 Å². The second kappa shape index (κ2) is 13.1. The number of Topliss-reactive ketones (excluding diaryl/α,β-unsaturated/α-hetero) is 1. The van der Waals surface area contributed by atoms with Crippen LogP contribution in [0.3, 0.4) is 0 Å². The smallest absolute Gasteiger partial charge is 0.323 e. The number of hydrogen-bond acceptors (Lipinski definition) is 6. The van der Waals surface area contributed by atoms with Gasteiger partial charge in [-0.05, 0) is 18.1 Å². The summed E-state index contributed by atoms with van der Waals surface area (Å²) >= 11 is 0. The molecule has 0 aliphatic carbocycles. The Bertz CT molecular complexity index is 1530. The molecule has 2 amide bonds.